The van der Waals surface area contributed by atoms with E-state index in [1.54, 1.807) is 0 Å². The molecule has 1 heterocycles. The van der Waals surface area contributed by atoms with Gasteiger partial charge in [0, 0.05) is 11.3 Å². The average Bonchev–Trinajstić information content (AvgIpc) is 3.34. The molecule has 10 aromatic carbocycles. The van der Waals surface area contributed by atoms with Crippen LogP contribution in [0.4, 0.5) is 5.69 Å². The maximum atomic E-state index is 5.66. The van der Waals surface area contributed by atoms with E-state index in [4.69, 9.17) is 10.3 Å². The summed E-state index contributed by atoms with van der Waals surface area (Å²) in [5.41, 5.74) is 9.57. The minimum atomic E-state index is -0.324. The molecule has 0 aliphatic carbocycles. The van der Waals surface area contributed by atoms with Crippen molar-refractivity contribution in [2.24, 2.45) is 0 Å². The second-order valence-corrected chi connectivity index (χ2v) is 15.6. The van der Waals surface area contributed by atoms with E-state index in [0.717, 1.165) is 50.3 Å². The molecule has 3 heteroatoms. The monoisotopic (exact) mass is 1000 g/mol. The van der Waals surface area contributed by atoms with E-state index in [1.807, 2.05) is 91.0 Å². The van der Waals surface area contributed by atoms with E-state index in [1.165, 1.54) is 43.3 Å². The molecule has 0 saturated heterocycles. The zero-order valence-corrected chi connectivity index (χ0v) is 40.3. The summed E-state index contributed by atoms with van der Waals surface area (Å²) in [7, 11) is 0. The Balaban J connectivity index is 0.000000234. The van der Waals surface area contributed by atoms with Crippen LogP contribution >= 0.6 is 0 Å². The number of hydrogen-bond donors (Lipinski definition) is 0. The van der Waals surface area contributed by atoms with Crippen molar-refractivity contribution in [2.45, 2.75) is 13.0 Å². The fraction of sp³-hybridized carbons (Fsp3) is 0.0323. The van der Waals surface area contributed by atoms with Crippen LogP contribution in [0.1, 0.15) is 39.6 Å². The van der Waals surface area contributed by atoms with Crippen molar-refractivity contribution in [1.82, 2.24) is 4.98 Å². The first kappa shape index (κ1) is 45.7. The van der Waals surface area contributed by atoms with Crippen LogP contribution in [0.5, 0.6) is 0 Å². The molecule has 312 valence electrons. The molecule has 11 rings (SSSR count). The summed E-state index contributed by atoms with van der Waals surface area (Å²) in [5, 5.41) is 15.2. The topological polar surface area (TPSA) is 27.0 Å². The van der Waals surface area contributed by atoms with E-state index in [2.05, 4.69) is 179 Å². The third kappa shape index (κ3) is 11.4. The van der Waals surface area contributed by atoms with Gasteiger partial charge < -0.3 is 5.32 Å². The predicted octanol–water partition coefficient (Wildman–Crippen LogP) is 17.1. The number of pyridine rings is 1. The molecule has 11 aromatic rings. The van der Waals surface area contributed by atoms with Crippen LogP contribution in [-0.4, -0.2) is 4.98 Å². The van der Waals surface area contributed by atoms with E-state index in [0.29, 0.717) is 0 Å². The summed E-state index contributed by atoms with van der Waals surface area (Å²) in [6, 6.07) is 83.2. The molecule has 0 bridgehead atoms. The molecule has 65 heavy (non-hydrogen) atoms. The fourth-order valence-electron chi connectivity index (χ4n) is 7.92. The van der Waals surface area contributed by atoms with Crippen molar-refractivity contribution < 1.29 is 25.8 Å². The number of benzene rings is 10. The first-order chi connectivity index (χ1) is 31.4. The zero-order chi connectivity index (χ0) is 44.1. The third-order valence-corrected chi connectivity index (χ3v) is 11.1. The number of aryl methyl sites for hydroxylation is 1. The standard InChI is InChI=1S/C41H29N2.3C7H7.Hf/c1-27-24-25-29-13-3-9-20-35(29)40(27)43-41(39-33-18-7-4-14-30(33)26-31-15-5-8-19-34(31)39)38-23-11-22-37(42-38)36-21-10-16-28-12-2-6-17-32(28)36;3*1-7-5-3-2-4-6-7;/h2-26,41H,1H3;3*2-6H,1H2;/q4*-1;+4. The molecular formula is C62H50HfN2. The number of rotatable bonds is 5. The van der Waals surface area contributed by atoms with Crippen molar-refractivity contribution in [1.29, 1.82) is 0 Å². The predicted molar refractivity (Wildman–Crippen MR) is 275 cm³/mol. The maximum Gasteiger partial charge on any atom is 4.00 e. The molecule has 0 N–H and O–H groups in total. The van der Waals surface area contributed by atoms with E-state index in [-0.39, 0.29) is 31.9 Å². The molecule has 0 spiro atoms. The molecule has 1 atom stereocenters. The van der Waals surface area contributed by atoms with E-state index >= 15 is 0 Å². The quantitative estimate of drug-likeness (QED) is 0.0959. The van der Waals surface area contributed by atoms with Crippen LogP contribution in [0, 0.1) is 27.7 Å². The van der Waals surface area contributed by atoms with Gasteiger partial charge in [-0.3, -0.25) is 4.98 Å². The SMILES string of the molecule is Cc1ccc2ccccc2c1[N-]C(c1cccc(-c2cccc3ccccc23)n1)c1c2ccccc2cc2ccccc12.[CH2-]c1ccccc1.[CH2-]c1ccccc1.[CH2-]c1ccccc1.[Hf+4]. The second-order valence-electron chi connectivity index (χ2n) is 15.6. The van der Waals surface area contributed by atoms with Gasteiger partial charge in [-0.15, -0.1) is 42.1 Å². The van der Waals surface area contributed by atoms with Crippen molar-refractivity contribution in [3.8, 4) is 11.3 Å². The molecule has 0 aliphatic heterocycles. The Morgan fingerprint density at radius 2 is 0.800 bits per heavy atom. The molecule has 1 unspecified atom stereocenters. The number of fused-ring (bicyclic) bond motifs is 4. The van der Waals surface area contributed by atoms with Gasteiger partial charge in [0.25, 0.3) is 0 Å². The smallest absolute Gasteiger partial charge is 0.672 e. The molecule has 0 amide bonds. The maximum absolute atomic E-state index is 5.66. The fourth-order valence-corrected chi connectivity index (χ4v) is 7.92. The Hall–Kier alpha value is -7.33. The van der Waals surface area contributed by atoms with Gasteiger partial charge in [0.1, 0.15) is 0 Å². The Kier molecular flexibility index (Phi) is 15.7. The van der Waals surface area contributed by atoms with Crippen LogP contribution in [0.25, 0.3) is 59.7 Å². The molecule has 2 nitrogen and oxygen atoms in total. The summed E-state index contributed by atoms with van der Waals surface area (Å²) < 4.78 is 0. The van der Waals surface area contributed by atoms with Crippen LogP contribution in [-0.2, 0) is 25.8 Å². The number of aromatic nitrogens is 1. The summed E-state index contributed by atoms with van der Waals surface area (Å²) in [5.74, 6) is 0. The number of hydrogen-bond acceptors (Lipinski definition) is 1. The van der Waals surface area contributed by atoms with Crippen molar-refractivity contribution in [3.05, 3.63) is 302 Å². The zero-order valence-electron chi connectivity index (χ0n) is 36.7. The molecule has 1 aromatic heterocycles. The second kappa shape index (κ2) is 22.3. The van der Waals surface area contributed by atoms with Crippen molar-refractivity contribution >= 4 is 48.8 Å². The van der Waals surface area contributed by atoms with E-state index < -0.39 is 0 Å². The van der Waals surface area contributed by atoms with Crippen LogP contribution < -0.4 is 0 Å². The molecule has 0 saturated carbocycles. The van der Waals surface area contributed by atoms with Gasteiger partial charge in [-0.05, 0) is 79.8 Å². The summed E-state index contributed by atoms with van der Waals surface area (Å²) in [6.07, 6.45) is 0. The van der Waals surface area contributed by atoms with Gasteiger partial charge in [-0.25, -0.2) is 0 Å². The summed E-state index contributed by atoms with van der Waals surface area (Å²) in [6.45, 7) is 13.3. The minimum Gasteiger partial charge on any atom is -0.672 e. The molecular weight excluding hydrogens is 951 g/mol. The summed E-state index contributed by atoms with van der Waals surface area (Å²) in [4.78, 5) is 5.40. The minimum absolute atomic E-state index is 0. The normalized spacial score (nSPS) is 10.8. The largest absolute Gasteiger partial charge is 4.00 e. The van der Waals surface area contributed by atoms with E-state index in [9.17, 15) is 0 Å². The molecule has 0 fully saturated rings. The molecule has 0 aliphatic rings. The van der Waals surface area contributed by atoms with Gasteiger partial charge in [-0.1, -0.05) is 157 Å². The molecule has 0 radical (unpaired) electrons. The van der Waals surface area contributed by atoms with Gasteiger partial charge in [0.2, 0.25) is 0 Å². The third-order valence-electron chi connectivity index (χ3n) is 11.1. The Morgan fingerprint density at radius 3 is 1.31 bits per heavy atom. The van der Waals surface area contributed by atoms with Gasteiger partial charge in [0.05, 0.1) is 5.69 Å². The Labute approximate surface area is 403 Å². The van der Waals surface area contributed by atoms with Crippen LogP contribution in [0.2, 0.25) is 0 Å². The average molecular weight is 1000 g/mol. The Bertz CT molecular complexity index is 3090. The van der Waals surface area contributed by atoms with Crippen molar-refractivity contribution in [2.75, 3.05) is 0 Å². The first-order valence-corrected chi connectivity index (χ1v) is 21.6. The Morgan fingerprint density at radius 1 is 0.385 bits per heavy atom. The number of nitrogens with zero attached hydrogens (tertiary/aromatic N) is 2. The van der Waals surface area contributed by atoms with Gasteiger partial charge in [0.15, 0.2) is 0 Å². The van der Waals surface area contributed by atoms with Crippen LogP contribution in [0.15, 0.2) is 243 Å². The summed E-state index contributed by atoms with van der Waals surface area (Å²) >= 11 is 0. The first-order valence-electron chi connectivity index (χ1n) is 21.6. The van der Waals surface area contributed by atoms with Gasteiger partial charge in [-0.2, -0.15) is 73.9 Å². The van der Waals surface area contributed by atoms with Crippen LogP contribution in [0.3, 0.4) is 0 Å². The van der Waals surface area contributed by atoms with Gasteiger partial charge >= 0.3 is 25.8 Å². The van der Waals surface area contributed by atoms with Crippen molar-refractivity contribution in [3.63, 3.8) is 0 Å².